The third-order valence-corrected chi connectivity index (χ3v) is 4.60. The number of nitrogens with zero attached hydrogens (tertiary/aromatic N) is 1. The molecule has 0 aliphatic carbocycles. The Labute approximate surface area is 146 Å². The van der Waals surface area contributed by atoms with Gasteiger partial charge < -0.3 is 14.7 Å². The van der Waals surface area contributed by atoms with E-state index < -0.39 is 11.5 Å². The minimum atomic E-state index is -0.474. The summed E-state index contributed by atoms with van der Waals surface area (Å²) in [6, 6.07) is 12.2. The van der Waals surface area contributed by atoms with Gasteiger partial charge in [-0.15, -0.1) is 11.3 Å². The minimum absolute atomic E-state index is 0.0525. The molecule has 1 amide bonds. The van der Waals surface area contributed by atoms with Gasteiger partial charge in [0.05, 0.1) is 10.6 Å². The molecule has 2 N–H and O–H groups in total. The predicted molar refractivity (Wildman–Crippen MR) is 97.1 cm³/mol. The van der Waals surface area contributed by atoms with Crippen molar-refractivity contribution in [2.45, 2.75) is 6.92 Å². The van der Waals surface area contributed by atoms with Gasteiger partial charge in [-0.1, -0.05) is 6.07 Å². The van der Waals surface area contributed by atoms with Crippen molar-refractivity contribution in [1.29, 1.82) is 0 Å². The molecule has 0 saturated heterocycles. The monoisotopic (exact) mass is 351 g/mol. The summed E-state index contributed by atoms with van der Waals surface area (Å²) in [5, 5.41) is 4.64. The van der Waals surface area contributed by atoms with Gasteiger partial charge in [-0.05, 0) is 41.8 Å². The molecule has 0 aliphatic heterocycles. The van der Waals surface area contributed by atoms with Crippen LogP contribution >= 0.6 is 11.3 Å². The molecule has 4 rings (SSSR count). The molecule has 3 heterocycles. The van der Waals surface area contributed by atoms with E-state index in [9.17, 15) is 9.59 Å². The second-order valence-corrected chi connectivity index (χ2v) is 6.41. The Hall–Kier alpha value is -3.19. The number of pyridine rings is 1. The van der Waals surface area contributed by atoms with Crippen LogP contribution in [0.25, 0.3) is 21.7 Å². The number of amides is 1. The molecule has 0 radical (unpaired) electrons. The summed E-state index contributed by atoms with van der Waals surface area (Å²) in [4.78, 5) is 32.6. The first-order chi connectivity index (χ1) is 12.1. The lowest BCUT2D eigenvalue weighted by atomic mass is 10.2. The Kier molecular flexibility index (Phi) is 3.70. The van der Waals surface area contributed by atoms with Crippen LogP contribution in [-0.4, -0.2) is 15.9 Å². The Morgan fingerprint density at radius 3 is 2.88 bits per heavy atom. The second kappa shape index (κ2) is 6.03. The Bertz CT molecular complexity index is 1130. The van der Waals surface area contributed by atoms with Gasteiger partial charge in [0.2, 0.25) is 0 Å². The van der Waals surface area contributed by atoms with E-state index in [-0.39, 0.29) is 5.56 Å². The zero-order chi connectivity index (χ0) is 17.4. The van der Waals surface area contributed by atoms with Crippen molar-refractivity contribution in [2.75, 3.05) is 5.32 Å². The Balaban J connectivity index is 1.60. The van der Waals surface area contributed by atoms with E-state index in [1.54, 1.807) is 31.2 Å². The molecule has 0 fully saturated rings. The summed E-state index contributed by atoms with van der Waals surface area (Å²) in [5.41, 5.74) is 2.16. The summed E-state index contributed by atoms with van der Waals surface area (Å²) in [6.45, 7) is 1.76. The highest BCUT2D eigenvalue weighted by Crippen LogP contribution is 2.22. The average Bonchev–Trinajstić information content (AvgIpc) is 3.22. The molecule has 0 aliphatic rings. The van der Waals surface area contributed by atoms with E-state index in [4.69, 9.17) is 4.42 Å². The highest BCUT2D eigenvalue weighted by Gasteiger charge is 2.13. The van der Waals surface area contributed by atoms with Crippen molar-refractivity contribution in [1.82, 2.24) is 9.97 Å². The molecule has 0 spiro atoms. The van der Waals surface area contributed by atoms with E-state index in [1.807, 2.05) is 17.5 Å². The number of benzene rings is 1. The normalized spacial score (nSPS) is 10.9. The largest absolute Gasteiger partial charge is 0.441 e. The van der Waals surface area contributed by atoms with E-state index in [2.05, 4.69) is 15.3 Å². The molecule has 0 saturated carbocycles. The van der Waals surface area contributed by atoms with Gasteiger partial charge in [0, 0.05) is 12.6 Å². The lowest BCUT2D eigenvalue weighted by Crippen LogP contribution is -2.23. The van der Waals surface area contributed by atoms with E-state index in [0.29, 0.717) is 28.4 Å². The van der Waals surface area contributed by atoms with Crippen molar-refractivity contribution >= 4 is 34.0 Å². The van der Waals surface area contributed by atoms with Gasteiger partial charge in [0.1, 0.15) is 11.1 Å². The third-order valence-electron chi connectivity index (χ3n) is 3.69. The lowest BCUT2D eigenvalue weighted by molar-refractivity contribution is 0.102. The van der Waals surface area contributed by atoms with E-state index in [0.717, 1.165) is 4.88 Å². The maximum Gasteiger partial charge on any atom is 0.261 e. The number of aryl methyl sites for hydroxylation is 1. The molecule has 124 valence electrons. The Morgan fingerprint density at radius 1 is 1.24 bits per heavy atom. The number of anilines is 1. The maximum atomic E-state index is 12.4. The van der Waals surface area contributed by atoms with Crippen LogP contribution in [0.5, 0.6) is 0 Å². The maximum absolute atomic E-state index is 12.4. The fraction of sp³-hybridized carbons (Fsp3) is 0.0556. The standard InChI is InChI=1S/C18H13N3O3S/c1-10-19-14-9-11(4-7-15(14)24-10)20-17(22)12-5-6-13(21-18(12)23)16-3-2-8-25-16/h2-9H,1H3,(H,20,22)(H,21,23). The Morgan fingerprint density at radius 2 is 2.12 bits per heavy atom. The third kappa shape index (κ3) is 2.97. The summed E-state index contributed by atoms with van der Waals surface area (Å²) >= 11 is 1.52. The molecular weight excluding hydrogens is 338 g/mol. The van der Waals surface area contributed by atoms with Gasteiger partial charge in [0.25, 0.3) is 11.5 Å². The highest BCUT2D eigenvalue weighted by molar-refractivity contribution is 7.13. The van der Waals surface area contributed by atoms with Crippen molar-refractivity contribution in [3.8, 4) is 10.6 Å². The van der Waals surface area contributed by atoms with E-state index >= 15 is 0 Å². The highest BCUT2D eigenvalue weighted by atomic mass is 32.1. The molecule has 3 aromatic heterocycles. The van der Waals surface area contributed by atoms with Crippen LogP contribution in [0.2, 0.25) is 0 Å². The molecule has 7 heteroatoms. The number of aromatic nitrogens is 2. The zero-order valence-corrected chi connectivity index (χ0v) is 14.0. The summed E-state index contributed by atoms with van der Waals surface area (Å²) < 4.78 is 5.40. The van der Waals surface area contributed by atoms with Crippen molar-refractivity contribution < 1.29 is 9.21 Å². The fourth-order valence-corrected chi connectivity index (χ4v) is 3.25. The molecule has 0 bridgehead atoms. The number of carbonyl (C=O) groups excluding carboxylic acids is 1. The van der Waals surface area contributed by atoms with Crippen LogP contribution < -0.4 is 10.9 Å². The van der Waals surface area contributed by atoms with Gasteiger partial charge in [-0.25, -0.2) is 4.98 Å². The van der Waals surface area contributed by atoms with Gasteiger partial charge >= 0.3 is 0 Å². The number of thiophene rings is 1. The number of H-pyrrole nitrogens is 1. The van der Waals surface area contributed by atoms with E-state index in [1.165, 1.54) is 17.4 Å². The molecular formula is C18H13N3O3S. The SMILES string of the molecule is Cc1nc2cc(NC(=O)c3ccc(-c4cccs4)[nH]c3=O)ccc2o1. The number of aromatic amines is 1. The topological polar surface area (TPSA) is 88.0 Å². The molecule has 1 aromatic carbocycles. The summed E-state index contributed by atoms with van der Waals surface area (Å²) in [5.74, 6) is 0.0811. The number of rotatable bonds is 3. The van der Waals surface area contributed by atoms with Crippen LogP contribution in [0.1, 0.15) is 16.2 Å². The molecule has 4 aromatic rings. The van der Waals surface area contributed by atoms with Crippen LogP contribution in [0, 0.1) is 6.92 Å². The van der Waals surface area contributed by atoms with Gasteiger partial charge in [0.15, 0.2) is 11.5 Å². The molecule has 0 atom stereocenters. The zero-order valence-electron chi connectivity index (χ0n) is 13.2. The van der Waals surface area contributed by atoms with Crippen molar-refractivity contribution in [2.24, 2.45) is 0 Å². The quantitative estimate of drug-likeness (QED) is 0.587. The lowest BCUT2D eigenvalue weighted by Gasteiger charge is -2.05. The molecule has 6 nitrogen and oxygen atoms in total. The molecule has 25 heavy (non-hydrogen) atoms. The number of hydrogen-bond acceptors (Lipinski definition) is 5. The predicted octanol–water partition coefficient (Wildman–Crippen LogP) is 3.81. The summed E-state index contributed by atoms with van der Waals surface area (Å²) in [6.07, 6.45) is 0. The number of fused-ring (bicyclic) bond motifs is 1. The van der Waals surface area contributed by atoms with Crippen LogP contribution in [0.15, 0.2) is 57.1 Å². The second-order valence-electron chi connectivity index (χ2n) is 5.46. The first-order valence-electron chi connectivity index (χ1n) is 7.56. The van der Waals surface area contributed by atoms with Gasteiger partial charge in [-0.2, -0.15) is 0 Å². The fourth-order valence-electron chi connectivity index (χ4n) is 2.55. The van der Waals surface area contributed by atoms with Crippen LogP contribution in [0.4, 0.5) is 5.69 Å². The smallest absolute Gasteiger partial charge is 0.261 e. The van der Waals surface area contributed by atoms with Gasteiger partial charge in [-0.3, -0.25) is 9.59 Å². The number of nitrogens with one attached hydrogen (secondary N) is 2. The molecule has 0 unspecified atom stereocenters. The van der Waals surface area contributed by atoms with Crippen molar-refractivity contribution in [3.05, 3.63) is 69.7 Å². The number of oxazole rings is 1. The number of hydrogen-bond donors (Lipinski definition) is 2. The minimum Gasteiger partial charge on any atom is -0.441 e. The number of carbonyl (C=O) groups is 1. The summed E-state index contributed by atoms with van der Waals surface area (Å²) in [7, 11) is 0. The van der Waals surface area contributed by atoms with Crippen LogP contribution in [-0.2, 0) is 0 Å². The van der Waals surface area contributed by atoms with Crippen molar-refractivity contribution in [3.63, 3.8) is 0 Å². The van der Waals surface area contributed by atoms with Crippen LogP contribution in [0.3, 0.4) is 0 Å². The first kappa shape index (κ1) is 15.3. The first-order valence-corrected chi connectivity index (χ1v) is 8.44. The average molecular weight is 351 g/mol.